The summed E-state index contributed by atoms with van der Waals surface area (Å²) in [6.45, 7) is 2.29. The summed E-state index contributed by atoms with van der Waals surface area (Å²) < 4.78 is 45.4. The van der Waals surface area contributed by atoms with Crippen molar-refractivity contribution in [1.82, 2.24) is 0 Å². The summed E-state index contributed by atoms with van der Waals surface area (Å²) in [5.41, 5.74) is -2.74. The molecule has 0 radical (unpaired) electrons. The third-order valence-electron chi connectivity index (χ3n) is 8.86. The van der Waals surface area contributed by atoms with Crippen LogP contribution < -0.4 is 34.3 Å². The fraction of sp³-hybridized carbons (Fsp3) is 0.720. The summed E-state index contributed by atoms with van der Waals surface area (Å²) in [6.07, 6.45) is -1.89. The van der Waals surface area contributed by atoms with Gasteiger partial charge in [0.15, 0.2) is 5.60 Å². The van der Waals surface area contributed by atoms with Crippen molar-refractivity contribution in [2.75, 3.05) is 7.04 Å². The molecule has 4 saturated carbocycles. The van der Waals surface area contributed by atoms with Gasteiger partial charge in [0.25, 0.3) is 5.79 Å². The zero-order valence-electron chi connectivity index (χ0n) is 23.2. The molecule has 10 nitrogen and oxygen atoms in total. The van der Waals surface area contributed by atoms with Crippen molar-refractivity contribution in [1.29, 1.82) is 0 Å². The van der Waals surface area contributed by atoms with E-state index < -0.39 is 48.8 Å². The maximum atomic E-state index is 10.8. The number of benzene rings is 1. The molecule has 1 spiro atoms. The Labute approximate surface area is 235 Å². The fourth-order valence-corrected chi connectivity index (χ4v) is 7.37. The van der Waals surface area contributed by atoms with Gasteiger partial charge in [0.2, 0.25) is 12.6 Å². The standard InChI is InChI=1S/C25H31O10.Na/c1-23(29)20(28)19(27)21(33-22(23)31-12-26)32-18-5-3-4-15(11-18)25(30-2)24(34-35-25)16-7-13-6-14(9-16)10-17(24)8-13;/h3-5,11,13-14,16-17,19-22,27-29H,6-10H2,1-2H3;/q-1;+1/t13?,14?,16?,17?,19?,20?,21-,22?,23?,24?,25?;/m1./s1/i2D3;. The summed E-state index contributed by atoms with van der Waals surface area (Å²) in [5, 5.41) is 31.4. The average Bonchev–Trinajstić information content (AvgIpc) is 2.83. The number of aliphatic hydroxyl groups excluding tert-OH is 2. The predicted octanol–water partition coefficient (Wildman–Crippen LogP) is -1.74. The van der Waals surface area contributed by atoms with E-state index in [1.54, 1.807) is 12.1 Å². The van der Waals surface area contributed by atoms with Gasteiger partial charge in [-0.25, -0.2) is 4.89 Å². The minimum Gasteiger partial charge on any atom is -0.630 e. The van der Waals surface area contributed by atoms with Gasteiger partial charge in [-0.1, -0.05) is 18.6 Å². The van der Waals surface area contributed by atoms with Crippen molar-refractivity contribution in [3.8, 4) is 5.75 Å². The van der Waals surface area contributed by atoms with E-state index in [2.05, 4.69) is 4.74 Å². The number of rotatable bonds is 6. The summed E-state index contributed by atoms with van der Waals surface area (Å²) in [7, 11) is -2.80. The van der Waals surface area contributed by atoms with E-state index in [-0.39, 0.29) is 47.1 Å². The first-order valence-electron chi connectivity index (χ1n) is 13.5. The van der Waals surface area contributed by atoms with Crippen LogP contribution in [0.4, 0.5) is 0 Å². The van der Waals surface area contributed by atoms with Crippen molar-refractivity contribution in [3.63, 3.8) is 0 Å². The van der Waals surface area contributed by atoms with E-state index in [1.807, 2.05) is 0 Å². The molecule has 0 amide bonds. The molecular formula is C25H31NaO10. The largest absolute Gasteiger partial charge is 1.00 e. The molecule has 1 aromatic rings. The molecule has 5 unspecified atom stereocenters. The van der Waals surface area contributed by atoms with Gasteiger partial charge >= 0.3 is 29.6 Å². The van der Waals surface area contributed by atoms with Crippen molar-refractivity contribution >= 4 is 6.47 Å². The Morgan fingerprint density at radius 2 is 1.81 bits per heavy atom. The van der Waals surface area contributed by atoms with E-state index in [0.29, 0.717) is 17.4 Å². The molecule has 36 heavy (non-hydrogen) atoms. The molecular weight excluding hydrogens is 483 g/mol. The molecule has 2 aliphatic heterocycles. The SMILES string of the molecule is [2H]C([2H])([2H])OC1(c2cccc(O[C@@H]3OC(O[C-]=O)C(C)(O)C(O)C3O)c2)OOC12C1CC3CC(C1)CC2C3.[Na+]. The number of carbonyl (C=O) groups excluding carboxylic acids is 1. The number of ether oxygens (including phenoxy) is 4. The predicted molar refractivity (Wildman–Crippen MR) is 116 cm³/mol. The van der Waals surface area contributed by atoms with Crippen LogP contribution in [0.25, 0.3) is 0 Å². The number of hydrogen-bond acceptors (Lipinski definition) is 10. The third-order valence-corrected chi connectivity index (χ3v) is 8.86. The number of hydrogen-bond donors (Lipinski definition) is 3. The Bertz CT molecular complexity index is 1060. The molecule has 6 atom stereocenters. The maximum absolute atomic E-state index is 10.8. The molecule has 1 aromatic carbocycles. The Morgan fingerprint density at radius 3 is 2.39 bits per heavy atom. The molecule has 2 heterocycles. The monoisotopic (exact) mass is 517 g/mol. The van der Waals surface area contributed by atoms with Crippen LogP contribution in [0.2, 0.25) is 0 Å². The molecule has 3 N–H and O–H groups in total. The minimum absolute atomic E-state index is 0. The van der Waals surface area contributed by atoms with Crippen LogP contribution in [0.15, 0.2) is 24.3 Å². The van der Waals surface area contributed by atoms with Gasteiger partial charge in [0.1, 0.15) is 23.6 Å². The van der Waals surface area contributed by atoms with Crippen molar-refractivity contribution in [2.45, 2.75) is 80.8 Å². The third kappa shape index (κ3) is 3.65. The van der Waals surface area contributed by atoms with Gasteiger partial charge in [-0.15, -0.1) is 0 Å². The molecule has 0 aromatic heterocycles. The van der Waals surface area contributed by atoms with Crippen LogP contribution in [0.5, 0.6) is 5.75 Å². The van der Waals surface area contributed by atoms with E-state index in [9.17, 15) is 20.1 Å². The molecule has 6 fully saturated rings. The van der Waals surface area contributed by atoms with Crippen molar-refractivity contribution in [2.24, 2.45) is 23.7 Å². The normalized spacial score (nSPS) is 50.3. The summed E-state index contributed by atoms with van der Waals surface area (Å²) >= 11 is 0. The fourth-order valence-electron chi connectivity index (χ4n) is 7.37. The minimum atomic E-state index is -2.80. The topological polar surface area (TPSA) is 133 Å². The molecule has 4 aliphatic carbocycles. The van der Waals surface area contributed by atoms with Gasteiger partial charge in [-0.2, -0.15) is 4.89 Å². The molecule has 7 rings (SSSR count). The summed E-state index contributed by atoms with van der Waals surface area (Å²) in [5.74, 6) is -0.291. The zero-order valence-corrected chi connectivity index (χ0v) is 22.2. The first-order chi connectivity index (χ1) is 17.9. The smallest absolute Gasteiger partial charge is 0.630 e. The van der Waals surface area contributed by atoms with Crippen molar-refractivity contribution < 1.29 is 82.5 Å². The van der Waals surface area contributed by atoms with Crippen LogP contribution in [-0.2, 0) is 34.6 Å². The van der Waals surface area contributed by atoms with E-state index >= 15 is 0 Å². The van der Waals surface area contributed by atoms with E-state index in [0.717, 1.165) is 39.1 Å². The Morgan fingerprint density at radius 1 is 1.11 bits per heavy atom. The second-order valence-electron chi connectivity index (χ2n) is 10.8. The summed E-state index contributed by atoms with van der Waals surface area (Å²) in [6, 6.07) is 6.32. The van der Waals surface area contributed by atoms with Crippen LogP contribution in [0.1, 0.15) is 48.7 Å². The summed E-state index contributed by atoms with van der Waals surface area (Å²) in [4.78, 5) is 22.3. The number of aliphatic hydroxyl groups is 3. The second-order valence-corrected chi connectivity index (χ2v) is 10.8. The van der Waals surface area contributed by atoms with Gasteiger partial charge in [0, 0.05) is 12.6 Å². The molecule has 11 heteroatoms. The van der Waals surface area contributed by atoms with Crippen LogP contribution in [0, 0.1) is 23.7 Å². The molecule has 4 bridgehead atoms. The van der Waals surface area contributed by atoms with Crippen LogP contribution in [-0.4, -0.2) is 64.8 Å². The van der Waals surface area contributed by atoms with Gasteiger partial charge in [-0.05, 0) is 74.8 Å². The van der Waals surface area contributed by atoms with Gasteiger partial charge < -0.3 is 34.3 Å². The van der Waals surface area contributed by atoms with Gasteiger partial charge in [-0.3, -0.25) is 4.74 Å². The van der Waals surface area contributed by atoms with E-state index in [4.69, 9.17) is 28.1 Å². The quantitative estimate of drug-likeness (QED) is 0.227. The maximum Gasteiger partial charge on any atom is 1.00 e. The van der Waals surface area contributed by atoms with Gasteiger partial charge in [0.05, 0.1) is 4.11 Å². The average molecular weight is 518 g/mol. The first kappa shape index (κ1) is 23.1. The second kappa shape index (κ2) is 9.44. The van der Waals surface area contributed by atoms with Crippen molar-refractivity contribution in [3.05, 3.63) is 29.8 Å². The van der Waals surface area contributed by atoms with Crippen LogP contribution in [0.3, 0.4) is 0 Å². The Hall–Kier alpha value is -0.790. The Balaban J connectivity index is 0.00000308. The van der Waals surface area contributed by atoms with Crippen LogP contribution >= 0.6 is 0 Å². The first-order valence-corrected chi connectivity index (χ1v) is 12.0. The molecule has 2 saturated heterocycles. The van der Waals surface area contributed by atoms with E-state index in [1.165, 1.54) is 18.6 Å². The zero-order chi connectivity index (χ0) is 27.1. The number of methoxy groups -OCH3 is 1. The Kier molecular flexibility index (Phi) is 6.07. The molecule has 192 valence electrons. The molecule has 6 aliphatic rings.